The van der Waals surface area contributed by atoms with Gasteiger partial charge in [0.2, 0.25) is 0 Å². The fourth-order valence-electron chi connectivity index (χ4n) is 2.01. The highest BCUT2D eigenvalue weighted by Gasteiger charge is 2.20. The molecule has 0 aromatic rings. The van der Waals surface area contributed by atoms with Crippen LogP contribution in [0.4, 0.5) is 0 Å². The van der Waals surface area contributed by atoms with E-state index in [1.807, 2.05) is 0 Å². The largest absolute Gasteiger partial charge is 0.298 e. The Balaban J connectivity index is 1.78. The van der Waals surface area contributed by atoms with Crippen LogP contribution in [-0.4, -0.2) is 36.0 Å². The Labute approximate surface area is 93.1 Å². The Bertz CT molecular complexity index is 199. The summed E-state index contributed by atoms with van der Waals surface area (Å²) in [6.07, 6.45) is 4.96. The van der Waals surface area contributed by atoms with E-state index in [4.69, 9.17) is 0 Å². The van der Waals surface area contributed by atoms with E-state index in [0.717, 1.165) is 12.5 Å². The highest BCUT2D eigenvalue weighted by molar-refractivity contribution is 9.11. The smallest absolute Gasteiger partial charge is 0.0296 e. The molecule has 2 aliphatic heterocycles. The summed E-state index contributed by atoms with van der Waals surface area (Å²) in [6.45, 7) is 3.72. The lowest BCUT2D eigenvalue weighted by Gasteiger charge is -2.27. The fraction of sp³-hybridized carbons (Fsp3) is 0.800. The Kier molecular flexibility index (Phi) is 3.75. The van der Waals surface area contributed by atoms with Gasteiger partial charge in [0.05, 0.1) is 0 Å². The summed E-state index contributed by atoms with van der Waals surface area (Å²) in [6, 6.07) is 0. The first-order chi connectivity index (χ1) is 6.34. The summed E-state index contributed by atoms with van der Waals surface area (Å²) in [4.78, 5) is 2.58. The molecule has 0 aromatic heterocycles. The normalized spacial score (nSPS) is 30.5. The van der Waals surface area contributed by atoms with Crippen LogP contribution in [0.5, 0.6) is 0 Å². The second-order valence-electron chi connectivity index (χ2n) is 3.90. The highest BCUT2D eigenvalue weighted by atomic mass is 79.9. The molecule has 13 heavy (non-hydrogen) atoms. The average molecular weight is 262 g/mol. The van der Waals surface area contributed by atoms with Crippen molar-refractivity contribution >= 4 is 27.7 Å². The number of thioether (sulfide) groups is 1. The first-order valence-corrected chi connectivity index (χ1v) is 6.94. The van der Waals surface area contributed by atoms with Crippen molar-refractivity contribution in [3.63, 3.8) is 0 Å². The topological polar surface area (TPSA) is 3.24 Å². The summed E-state index contributed by atoms with van der Waals surface area (Å²) in [7, 11) is 0. The monoisotopic (exact) mass is 261 g/mol. The molecule has 0 saturated carbocycles. The van der Waals surface area contributed by atoms with Gasteiger partial charge in [0.15, 0.2) is 0 Å². The van der Waals surface area contributed by atoms with Gasteiger partial charge in [0, 0.05) is 24.1 Å². The Hall–Kier alpha value is 0.530. The van der Waals surface area contributed by atoms with Crippen molar-refractivity contribution in [1.29, 1.82) is 0 Å². The summed E-state index contributed by atoms with van der Waals surface area (Å²) in [5.74, 6) is 3.73. The number of halogens is 1. The van der Waals surface area contributed by atoms with E-state index in [1.165, 1.54) is 41.9 Å². The third-order valence-electron chi connectivity index (χ3n) is 2.73. The van der Waals surface area contributed by atoms with Crippen molar-refractivity contribution in [2.75, 3.05) is 31.1 Å². The molecule has 74 valence electrons. The Morgan fingerprint density at radius 2 is 2.54 bits per heavy atom. The summed E-state index contributed by atoms with van der Waals surface area (Å²) in [5.41, 5.74) is 0. The van der Waals surface area contributed by atoms with Gasteiger partial charge in [0.25, 0.3) is 0 Å². The van der Waals surface area contributed by atoms with Gasteiger partial charge in [-0.2, -0.15) is 11.8 Å². The zero-order valence-electron chi connectivity index (χ0n) is 7.84. The van der Waals surface area contributed by atoms with Crippen molar-refractivity contribution in [2.24, 2.45) is 5.92 Å². The van der Waals surface area contributed by atoms with Gasteiger partial charge < -0.3 is 0 Å². The summed E-state index contributed by atoms with van der Waals surface area (Å²) < 4.78 is 1.38. The molecule has 0 radical (unpaired) electrons. The maximum atomic E-state index is 3.59. The molecule has 1 unspecified atom stereocenters. The van der Waals surface area contributed by atoms with Crippen molar-refractivity contribution in [1.82, 2.24) is 4.90 Å². The Morgan fingerprint density at radius 1 is 1.62 bits per heavy atom. The molecular weight excluding hydrogens is 246 g/mol. The van der Waals surface area contributed by atoms with Crippen LogP contribution >= 0.6 is 27.7 Å². The van der Waals surface area contributed by atoms with Gasteiger partial charge in [-0.25, -0.2) is 0 Å². The third-order valence-corrected chi connectivity index (χ3v) is 4.53. The molecule has 2 aliphatic rings. The molecule has 0 spiro atoms. The van der Waals surface area contributed by atoms with Crippen LogP contribution in [0.25, 0.3) is 0 Å². The molecule has 2 heterocycles. The SMILES string of the molecule is BrC1=CCCN(CC2CCSC2)C1. The maximum absolute atomic E-state index is 3.59. The third kappa shape index (κ3) is 3.00. The van der Waals surface area contributed by atoms with E-state index in [0.29, 0.717) is 0 Å². The predicted molar refractivity (Wildman–Crippen MR) is 63.5 cm³/mol. The molecule has 0 N–H and O–H groups in total. The number of hydrogen-bond donors (Lipinski definition) is 0. The van der Waals surface area contributed by atoms with E-state index in [1.54, 1.807) is 0 Å². The predicted octanol–water partition coefficient (Wildman–Crippen LogP) is 2.72. The minimum absolute atomic E-state index is 0.961. The van der Waals surface area contributed by atoms with Gasteiger partial charge in [-0.1, -0.05) is 22.0 Å². The minimum atomic E-state index is 0.961. The summed E-state index contributed by atoms with van der Waals surface area (Å²) in [5, 5.41) is 0. The van der Waals surface area contributed by atoms with E-state index < -0.39 is 0 Å². The molecule has 3 heteroatoms. The Morgan fingerprint density at radius 3 is 3.23 bits per heavy atom. The molecule has 2 rings (SSSR count). The van der Waals surface area contributed by atoms with Crippen LogP contribution in [0, 0.1) is 5.92 Å². The highest BCUT2D eigenvalue weighted by Crippen LogP contribution is 2.25. The van der Waals surface area contributed by atoms with E-state index in [-0.39, 0.29) is 0 Å². The molecule has 1 nitrogen and oxygen atoms in total. The van der Waals surface area contributed by atoms with Crippen LogP contribution in [0.1, 0.15) is 12.8 Å². The molecule has 0 aromatic carbocycles. The van der Waals surface area contributed by atoms with Crippen LogP contribution in [0.2, 0.25) is 0 Å². The first-order valence-electron chi connectivity index (χ1n) is 4.99. The van der Waals surface area contributed by atoms with Gasteiger partial charge in [0.1, 0.15) is 0 Å². The van der Waals surface area contributed by atoms with Gasteiger partial charge in [-0.3, -0.25) is 4.90 Å². The van der Waals surface area contributed by atoms with E-state index >= 15 is 0 Å². The average Bonchev–Trinajstić information content (AvgIpc) is 2.57. The van der Waals surface area contributed by atoms with Crippen molar-refractivity contribution in [3.8, 4) is 0 Å². The molecule has 0 amide bonds. The fourth-order valence-corrected chi connectivity index (χ4v) is 3.86. The number of nitrogens with zero attached hydrogens (tertiary/aromatic N) is 1. The lowest BCUT2D eigenvalue weighted by Crippen LogP contribution is -2.33. The zero-order valence-corrected chi connectivity index (χ0v) is 10.2. The maximum Gasteiger partial charge on any atom is 0.0296 e. The number of hydrogen-bond acceptors (Lipinski definition) is 2. The van der Waals surface area contributed by atoms with Crippen LogP contribution in [0.3, 0.4) is 0 Å². The second kappa shape index (κ2) is 4.85. The second-order valence-corrected chi connectivity index (χ2v) is 6.07. The molecule has 0 aliphatic carbocycles. The van der Waals surface area contributed by atoms with Gasteiger partial charge in [-0.15, -0.1) is 0 Å². The van der Waals surface area contributed by atoms with Crippen LogP contribution < -0.4 is 0 Å². The summed E-state index contributed by atoms with van der Waals surface area (Å²) >= 11 is 5.71. The van der Waals surface area contributed by atoms with Crippen molar-refractivity contribution in [2.45, 2.75) is 12.8 Å². The molecule has 0 bridgehead atoms. The van der Waals surface area contributed by atoms with Crippen molar-refractivity contribution < 1.29 is 0 Å². The quantitative estimate of drug-likeness (QED) is 0.752. The zero-order chi connectivity index (χ0) is 9.10. The van der Waals surface area contributed by atoms with E-state index in [9.17, 15) is 0 Å². The standard InChI is InChI=1S/C10H16BrNS/c11-10-2-1-4-12(7-10)6-9-3-5-13-8-9/h2,9H,1,3-8H2. The van der Waals surface area contributed by atoms with Crippen LogP contribution in [0.15, 0.2) is 10.6 Å². The van der Waals surface area contributed by atoms with Gasteiger partial charge in [-0.05, 0) is 30.3 Å². The van der Waals surface area contributed by atoms with Crippen molar-refractivity contribution in [3.05, 3.63) is 10.6 Å². The van der Waals surface area contributed by atoms with E-state index in [2.05, 4.69) is 38.7 Å². The lowest BCUT2D eigenvalue weighted by atomic mass is 10.1. The first kappa shape index (κ1) is 10.1. The molecule has 1 atom stereocenters. The lowest BCUT2D eigenvalue weighted by molar-refractivity contribution is 0.258. The molecule has 1 saturated heterocycles. The number of rotatable bonds is 2. The van der Waals surface area contributed by atoms with Gasteiger partial charge >= 0.3 is 0 Å². The minimum Gasteiger partial charge on any atom is -0.298 e. The molecular formula is C10H16BrNS. The van der Waals surface area contributed by atoms with Crippen LogP contribution in [-0.2, 0) is 0 Å². The molecule has 1 fully saturated rings.